The van der Waals surface area contributed by atoms with Crippen molar-refractivity contribution in [2.75, 3.05) is 39.8 Å². The van der Waals surface area contributed by atoms with E-state index in [9.17, 15) is 4.79 Å². The molecule has 0 bridgehead atoms. The van der Waals surface area contributed by atoms with Crippen LogP contribution in [-0.2, 0) is 0 Å². The quantitative estimate of drug-likeness (QED) is 0.812. The van der Waals surface area contributed by atoms with Crippen molar-refractivity contribution in [1.82, 2.24) is 9.80 Å². The molecule has 0 saturated carbocycles. The van der Waals surface area contributed by atoms with E-state index in [1.54, 1.807) is 25.3 Å². The van der Waals surface area contributed by atoms with E-state index in [4.69, 9.17) is 22.7 Å². The minimum absolute atomic E-state index is 0.0355. The minimum Gasteiger partial charge on any atom is -0.496 e. The normalized spacial score (nSPS) is 15.8. The lowest BCUT2D eigenvalue weighted by atomic mass is 10.1. The summed E-state index contributed by atoms with van der Waals surface area (Å²) in [5, 5.41) is 0. The van der Waals surface area contributed by atoms with Crippen LogP contribution in [-0.4, -0.2) is 60.5 Å². The predicted octanol–water partition coefficient (Wildman–Crippen LogP) is 1.50. The first-order valence-corrected chi connectivity index (χ1v) is 7.85. The van der Waals surface area contributed by atoms with Crippen molar-refractivity contribution in [3.05, 3.63) is 28.2 Å². The number of amides is 1. The van der Waals surface area contributed by atoms with Gasteiger partial charge in [-0.25, -0.2) is 0 Å². The standard InChI is InChI=1S/C14H18BrN3O2S/c1-20-12-3-2-10(8-11(12)15)14(19)18-6-4-17(5-7-18)9-13(16)21/h2-3,8H,4-7,9H2,1H3,(H2,16,21). The van der Waals surface area contributed by atoms with Crippen LogP contribution in [0.1, 0.15) is 10.4 Å². The van der Waals surface area contributed by atoms with Crippen LogP contribution in [0.5, 0.6) is 5.75 Å². The first-order chi connectivity index (χ1) is 10.0. The van der Waals surface area contributed by atoms with Gasteiger partial charge in [0.05, 0.1) is 16.6 Å². The molecule has 21 heavy (non-hydrogen) atoms. The molecule has 2 rings (SSSR count). The van der Waals surface area contributed by atoms with Crippen LogP contribution in [0.25, 0.3) is 0 Å². The molecule has 0 unspecified atom stereocenters. The summed E-state index contributed by atoms with van der Waals surface area (Å²) in [7, 11) is 1.60. The number of carbonyl (C=O) groups excluding carboxylic acids is 1. The van der Waals surface area contributed by atoms with E-state index < -0.39 is 0 Å². The molecule has 114 valence electrons. The number of benzene rings is 1. The van der Waals surface area contributed by atoms with E-state index in [2.05, 4.69) is 20.8 Å². The van der Waals surface area contributed by atoms with Gasteiger partial charge in [-0.1, -0.05) is 12.2 Å². The molecule has 1 amide bonds. The number of hydrogen-bond donors (Lipinski definition) is 1. The number of thiocarbonyl (C=S) groups is 1. The molecule has 1 fully saturated rings. The average Bonchev–Trinajstić information content (AvgIpc) is 2.46. The number of nitrogens with two attached hydrogens (primary N) is 1. The molecule has 5 nitrogen and oxygen atoms in total. The smallest absolute Gasteiger partial charge is 0.253 e. The Bertz CT molecular complexity index is 545. The van der Waals surface area contributed by atoms with Crippen LogP contribution in [0.2, 0.25) is 0 Å². The Morgan fingerprint density at radius 1 is 1.38 bits per heavy atom. The predicted molar refractivity (Wildman–Crippen MR) is 89.8 cm³/mol. The number of rotatable bonds is 4. The van der Waals surface area contributed by atoms with E-state index in [1.807, 2.05) is 4.90 Å². The van der Waals surface area contributed by atoms with Gasteiger partial charge in [-0.05, 0) is 34.1 Å². The van der Waals surface area contributed by atoms with Crippen molar-refractivity contribution >= 4 is 39.0 Å². The lowest BCUT2D eigenvalue weighted by Crippen LogP contribution is -2.50. The maximum Gasteiger partial charge on any atom is 0.253 e. The average molecular weight is 372 g/mol. The highest BCUT2D eigenvalue weighted by Gasteiger charge is 2.22. The Balaban J connectivity index is 1.98. The minimum atomic E-state index is 0.0355. The van der Waals surface area contributed by atoms with Crippen molar-refractivity contribution in [3.63, 3.8) is 0 Å². The van der Waals surface area contributed by atoms with E-state index in [1.165, 1.54) is 0 Å². The first-order valence-electron chi connectivity index (χ1n) is 6.64. The van der Waals surface area contributed by atoms with Gasteiger partial charge in [0.1, 0.15) is 5.75 Å². The highest BCUT2D eigenvalue weighted by Crippen LogP contribution is 2.26. The highest BCUT2D eigenvalue weighted by atomic mass is 79.9. The fraction of sp³-hybridized carbons (Fsp3) is 0.429. The second kappa shape index (κ2) is 7.20. The topological polar surface area (TPSA) is 58.8 Å². The number of hydrogen-bond acceptors (Lipinski definition) is 4. The molecular formula is C14H18BrN3O2S. The second-order valence-corrected chi connectivity index (χ2v) is 6.26. The molecule has 1 aromatic rings. The number of methoxy groups -OCH3 is 1. The van der Waals surface area contributed by atoms with Gasteiger partial charge in [0.25, 0.3) is 5.91 Å². The van der Waals surface area contributed by atoms with Crippen LogP contribution in [0.15, 0.2) is 22.7 Å². The van der Waals surface area contributed by atoms with E-state index in [0.717, 1.165) is 17.6 Å². The zero-order valence-electron chi connectivity index (χ0n) is 11.8. The number of ether oxygens (including phenoxy) is 1. The summed E-state index contributed by atoms with van der Waals surface area (Å²) in [5.41, 5.74) is 6.20. The monoisotopic (exact) mass is 371 g/mol. The summed E-state index contributed by atoms with van der Waals surface area (Å²) in [5.74, 6) is 0.751. The Morgan fingerprint density at radius 3 is 2.57 bits per heavy atom. The molecule has 0 aromatic heterocycles. The van der Waals surface area contributed by atoms with Crippen molar-refractivity contribution < 1.29 is 9.53 Å². The van der Waals surface area contributed by atoms with Crippen molar-refractivity contribution in [2.24, 2.45) is 5.73 Å². The molecule has 0 aliphatic carbocycles. The van der Waals surface area contributed by atoms with Crippen molar-refractivity contribution in [3.8, 4) is 5.75 Å². The van der Waals surface area contributed by atoms with Crippen molar-refractivity contribution in [1.29, 1.82) is 0 Å². The molecule has 0 spiro atoms. The zero-order valence-corrected chi connectivity index (χ0v) is 14.2. The van der Waals surface area contributed by atoms with Crippen molar-refractivity contribution in [2.45, 2.75) is 0 Å². The molecule has 1 aliphatic heterocycles. The summed E-state index contributed by atoms with van der Waals surface area (Å²) in [4.78, 5) is 17.0. The third-order valence-corrected chi connectivity index (χ3v) is 4.19. The Hall–Kier alpha value is -1.18. The number of nitrogens with zero attached hydrogens (tertiary/aromatic N) is 2. The van der Waals surface area contributed by atoms with Gasteiger partial charge in [0.15, 0.2) is 0 Å². The molecule has 0 radical (unpaired) electrons. The Morgan fingerprint density at radius 2 is 2.05 bits per heavy atom. The van der Waals surface area contributed by atoms with Crippen LogP contribution >= 0.6 is 28.1 Å². The fourth-order valence-corrected chi connectivity index (χ4v) is 3.03. The van der Waals surface area contributed by atoms with E-state index >= 15 is 0 Å². The SMILES string of the molecule is COc1ccc(C(=O)N2CCN(CC(N)=S)CC2)cc1Br. The van der Waals surface area contributed by atoms with Gasteiger partial charge < -0.3 is 15.4 Å². The van der Waals surface area contributed by atoms with Gasteiger partial charge in [0.2, 0.25) is 0 Å². The summed E-state index contributed by atoms with van der Waals surface area (Å²) < 4.78 is 5.95. The van der Waals surface area contributed by atoms with Crippen LogP contribution in [0.4, 0.5) is 0 Å². The van der Waals surface area contributed by atoms with Gasteiger partial charge in [-0.2, -0.15) is 0 Å². The molecule has 1 saturated heterocycles. The first kappa shape index (κ1) is 16.2. The molecule has 7 heteroatoms. The Labute approximate surface area is 138 Å². The highest BCUT2D eigenvalue weighted by molar-refractivity contribution is 9.10. The molecule has 1 aliphatic rings. The van der Waals surface area contributed by atoms with Crippen LogP contribution in [0.3, 0.4) is 0 Å². The summed E-state index contributed by atoms with van der Waals surface area (Å²) in [6.45, 7) is 3.57. The number of carbonyl (C=O) groups is 1. The maximum absolute atomic E-state index is 12.5. The molecular weight excluding hydrogens is 354 g/mol. The lowest BCUT2D eigenvalue weighted by Gasteiger charge is -2.34. The number of piperazine rings is 1. The largest absolute Gasteiger partial charge is 0.496 e. The third-order valence-electron chi connectivity index (χ3n) is 3.44. The summed E-state index contributed by atoms with van der Waals surface area (Å²) >= 11 is 8.31. The summed E-state index contributed by atoms with van der Waals surface area (Å²) in [6.07, 6.45) is 0. The van der Waals surface area contributed by atoms with Gasteiger partial charge in [-0.15, -0.1) is 0 Å². The molecule has 0 atom stereocenters. The number of halogens is 1. The Kier molecular flexibility index (Phi) is 5.55. The zero-order chi connectivity index (χ0) is 15.4. The van der Waals surface area contributed by atoms with Crippen LogP contribution in [0, 0.1) is 0 Å². The van der Waals surface area contributed by atoms with Gasteiger partial charge in [-0.3, -0.25) is 9.69 Å². The molecule has 2 N–H and O–H groups in total. The summed E-state index contributed by atoms with van der Waals surface area (Å²) in [6, 6.07) is 5.37. The van der Waals surface area contributed by atoms with Gasteiger partial charge in [0, 0.05) is 38.3 Å². The fourth-order valence-electron chi connectivity index (χ4n) is 2.31. The molecule has 1 aromatic carbocycles. The third kappa shape index (κ3) is 4.15. The maximum atomic E-state index is 12.5. The second-order valence-electron chi connectivity index (χ2n) is 4.88. The van der Waals surface area contributed by atoms with E-state index in [0.29, 0.717) is 35.9 Å². The van der Waals surface area contributed by atoms with Gasteiger partial charge >= 0.3 is 0 Å². The lowest BCUT2D eigenvalue weighted by molar-refractivity contribution is 0.0654. The van der Waals surface area contributed by atoms with Crippen LogP contribution < -0.4 is 10.5 Å². The molecule has 1 heterocycles. The van der Waals surface area contributed by atoms with E-state index in [-0.39, 0.29) is 5.91 Å².